The molecule has 1 aromatic rings. The van der Waals surface area contributed by atoms with Gasteiger partial charge in [-0.25, -0.2) is 8.78 Å². The third kappa shape index (κ3) is 2.79. The highest BCUT2D eigenvalue weighted by Crippen LogP contribution is 2.39. The average Bonchev–Trinajstić information content (AvgIpc) is 3.12. The van der Waals surface area contributed by atoms with E-state index in [-0.39, 0.29) is 5.91 Å². The van der Waals surface area contributed by atoms with Crippen LogP contribution in [0.5, 0.6) is 0 Å². The van der Waals surface area contributed by atoms with Crippen LogP contribution < -0.4 is 5.32 Å². The fourth-order valence-electron chi connectivity index (χ4n) is 2.12. The number of carbonyl (C=O) groups is 2. The Hall–Kier alpha value is -1.98. The number of hydrogen-bond acceptors (Lipinski definition) is 2. The minimum Gasteiger partial charge on any atom is -0.481 e. The summed E-state index contributed by atoms with van der Waals surface area (Å²) in [6, 6.07) is 3.41. The summed E-state index contributed by atoms with van der Waals surface area (Å²) in [6.07, 6.45) is 0.315. The first-order valence-corrected chi connectivity index (χ1v) is 6.23. The molecule has 0 saturated heterocycles. The molecule has 1 aliphatic rings. The van der Waals surface area contributed by atoms with Crippen LogP contribution in [-0.4, -0.2) is 17.0 Å². The quantitative estimate of drug-likeness (QED) is 0.888. The highest BCUT2D eigenvalue weighted by atomic mass is 19.2. The second-order valence-corrected chi connectivity index (χ2v) is 5.53. The summed E-state index contributed by atoms with van der Waals surface area (Å²) in [4.78, 5) is 22.6. The molecule has 2 atom stereocenters. The Labute approximate surface area is 114 Å². The van der Waals surface area contributed by atoms with E-state index in [1.165, 1.54) is 6.07 Å². The van der Waals surface area contributed by atoms with E-state index in [0.29, 0.717) is 12.0 Å². The maximum atomic E-state index is 13.2. The van der Waals surface area contributed by atoms with Gasteiger partial charge >= 0.3 is 5.97 Å². The molecule has 1 fully saturated rings. The smallest absolute Gasteiger partial charge is 0.307 e. The molecule has 0 aromatic heterocycles. The normalized spacial score (nSPS) is 21.4. The molecule has 4 nitrogen and oxygen atoms in total. The topological polar surface area (TPSA) is 66.4 Å². The van der Waals surface area contributed by atoms with Crippen molar-refractivity contribution in [2.24, 2.45) is 11.8 Å². The van der Waals surface area contributed by atoms with Gasteiger partial charge < -0.3 is 10.4 Å². The lowest BCUT2D eigenvalue weighted by Crippen LogP contribution is -2.42. The van der Waals surface area contributed by atoms with Gasteiger partial charge in [0.15, 0.2) is 11.6 Å². The van der Waals surface area contributed by atoms with Crippen LogP contribution in [0.3, 0.4) is 0 Å². The molecule has 0 aliphatic heterocycles. The lowest BCUT2D eigenvalue weighted by atomic mass is 9.93. The first-order valence-electron chi connectivity index (χ1n) is 6.23. The van der Waals surface area contributed by atoms with Gasteiger partial charge in [-0.1, -0.05) is 6.07 Å². The molecule has 108 valence electrons. The van der Waals surface area contributed by atoms with Gasteiger partial charge in [-0.15, -0.1) is 0 Å². The van der Waals surface area contributed by atoms with Crippen LogP contribution in [0.1, 0.15) is 25.8 Å². The molecule has 2 N–H and O–H groups in total. The number of benzene rings is 1. The number of nitrogens with one attached hydrogen (secondary N) is 1. The maximum absolute atomic E-state index is 13.2. The Morgan fingerprint density at radius 3 is 2.40 bits per heavy atom. The zero-order valence-corrected chi connectivity index (χ0v) is 11.1. The van der Waals surface area contributed by atoms with Gasteiger partial charge in [-0.3, -0.25) is 9.59 Å². The number of carboxylic acids is 1. The fourth-order valence-corrected chi connectivity index (χ4v) is 2.12. The number of carbonyl (C=O) groups excluding carboxylic acids is 1. The minimum absolute atomic E-state index is 0.315. The van der Waals surface area contributed by atoms with Crippen molar-refractivity contribution in [3.8, 4) is 0 Å². The van der Waals surface area contributed by atoms with Crippen LogP contribution in [0.25, 0.3) is 0 Å². The van der Waals surface area contributed by atoms with Gasteiger partial charge in [-0.2, -0.15) is 0 Å². The molecule has 0 radical (unpaired) electrons. The SMILES string of the molecule is CC(C)(NC(=O)[C@@H]1C[C@H]1C(=O)O)c1ccc(F)c(F)c1. The van der Waals surface area contributed by atoms with Crippen molar-refractivity contribution in [2.45, 2.75) is 25.8 Å². The second kappa shape index (κ2) is 4.85. The second-order valence-electron chi connectivity index (χ2n) is 5.53. The number of hydrogen-bond donors (Lipinski definition) is 2. The van der Waals surface area contributed by atoms with Gasteiger partial charge in [0.25, 0.3) is 0 Å². The van der Waals surface area contributed by atoms with Crippen LogP contribution in [0.2, 0.25) is 0 Å². The Bertz CT molecular complexity index is 572. The van der Waals surface area contributed by atoms with Crippen molar-refractivity contribution >= 4 is 11.9 Å². The van der Waals surface area contributed by atoms with E-state index in [9.17, 15) is 18.4 Å². The zero-order chi connectivity index (χ0) is 15.1. The number of aliphatic carboxylic acids is 1. The van der Waals surface area contributed by atoms with Crippen molar-refractivity contribution < 1.29 is 23.5 Å². The molecule has 1 amide bonds. The van der Waals surface area contributed by atoms with Crippen molar-refractivity contribution in [3.05, 3.63) is 35.4 Å². The van der Waals surface area contributed by atoms with E-state index in [2.05, 4.69) is 5.32 Å². The molecule has 0 heterocycles. The third-order valence-electron chi connectivity index (χ3n) is 3.52. The molecule has 0 unspecified atom stereocenters. The Kier molecular flexibility index (Phi) is 3.50. The standard InChI is InChI=1S/C14H15F2NO3/c1-14(2,7-3-4-10(15)11(16)5-7)17-12(18)8-6-9(8)13(19)20/h3-5,8-9H,6H2,1-2H3,(H,17,18)(H,19,20)/t8-,9-/m1/s1. The van der Waals surface area contributed by atoms with Crippen molar-refractivity contribution in [1.82, 2.24) is 5.32 Å². The Balaban J connectivity index is 2.09. The van der Waals surface area contributed by atoms with E-state index < -0.39 is 35.0 Å². The number of rotatable bonds is 4. The Morgan fingerprint density at radius 1 is 1.25 bits per heavy atom. The zero-order valence-electron chi connectivity index (χ0n) is 11.1. The summed E-state index contributed by atoms with van der Waals surface area (Å²) < 4.78 is 26.1. The van der Waals surface area contributed by atoms with Crippen LogP contribution in [0.15, 0.2) is 18.2 Å². The van der Waals surface area contributed by atoms with Crippen molar-refractivity contribution in [2.75, 3.05) is 0 Å². The van der Waals surface area contributed by atoms with E-state index in [1.807, 2.05) is 0 Å². The number of carboxylic acid groups (broad SMARTS) is 1. The molecule has 20 heavy (non-hydrogen) atoms. The summed E-state index contributed by atoms with van der Waals surface area (Å²) in [5, 5.41) is 11.5. The lowest BCUT2D eigenvalue weighted by molar-refractivity contribution is -0.140. The lowest BCUT2D eigenvalue weighted by Gasteiger charge is -2.27. The highest BCUT2D eigenvalue weighted by Gasteiger charge is 2.49. The van der Waals surface area contributed by atoms with E-state index in [4.69, 9.17) is 5.11 Å². The van der Waals surface area contributed by atoms with E-state index >= 15 is 0 Å². The van der Waals surface area contributed by atoms with Crippen LogP contribution in [0, 0.1) is 23.5 Å². The highest BCUT2D eigenvalue weighted by molar-refractivity contribution is 5.89. The first kappa shape index (κ1) is 14.4. The minimum atomic E-state index is -0.990. The van der Waals surface area contributed by atoms with E-state index in [0.717, 1.165) is 12.1 Å². The molecule has 0 bridgehead atoms. The summed E-state index contributed by atoms with van der Waals surface area (Å²) in [5.41, 5.74) is -0.491. The molecule has 0 spiro atoms. The van der Waals surface area contributed by atoms with Crippen LogP contribution >= 0.6 is 0 Å². The van der Waals surface area contributed by atoms with Crippen molar-refractivity contribution in [1.29, 1.82) is 0 Å². The third-order valence-corrected chi connectivity index (χ3v) is 3.52. The van der Waals surface area contributed by atoms with Gasteiger partial charge in [0.05, 0.1) is 17.4 Å². The number of halogens is 2. The Morgan fingerprint density at radius 2 is 1.90 bits per heavy atom. The van der Waals surface area contributed by atoms with E-state index in [1.54, 1.807) is 13.8 Å². The van der Waals surface area contributed by atoms with Crippen LogP contribution in [0.4, 0.5) is 8.78 Å². The monoisotopic (exact) mass is 283 g/mol. The summed E-state index contributed by atoms with van der Waals surface area (Å²) in [7, 11) is 0. The van der Waals surface area contributed by atoms with Crippen LogP contribution in [-0.2, 0) is 15.1 Å². The molecule has 6 heteroatoms. The molecule has 1 saturated carbocycles. The van der Waals surface area contributed by atoms with Gasteiger partial charge in [0.1, 0.15) is 0 Å². The van der Waals surface area contributed by atoms with Crippen molar-refractivity contribution in [3.63, 3.8) is 0 Å². The average molecular weight is 283 g/mol. The number of amides is 1. The predicted octanol–water partition coefficient (Wildman–Crippen LogP) is 2.04. The summed E-state index contributed by atoms with van der Waals surface area (Å²) >= 11 is 0. The molecule has 1 aromatic carbocycles. The maximum Gasteiger partial charge on any atom is 0.307 e. The van der Waals surface area contributed by atoms with Gasteiger partial charge in [0, 0.05) is 0 Å². The first-order chi connectivity index (χ1) is 9.22. The molecule has 1 aliphatic carbocycles. The largest absolute Gasteiger partial charge is 0.481 e. The molecule has 2 rings (SSSR count). The van der Waals surface area contributed by atoms with Gasteiger partial charge in [-0.05, 0) is 38.0 Å². The predicted molar refractivity (Wildman–Crippen MR) is 66.8 cm³/mol. The molecular weight excluding hydrogens is 268 g/mol. The fraction of sp³-hybridized carbons (Fsp3) is 0.429. The molecular formula is C14H15F2NO3. The summed E-state index contributed by atoms with van der Waals surface area (Å²) in [6.45, 7) is 3.30. The summed E-state index contributed by atoms with van der Waals surface area (Å²) in [5.74, 6) is -4.50. The van der Waals surface area contributed by atoms with Gasteiger partial charge in [0.2, 0.25) is 5.91 Å².